The minimum absolute atomic E-state index is 0.285. The molecule has 0 aliphatic rings. The van der Waals surface area contributed by atoms with Crippen molar-refractivity contribution in [2.24, 2.45) is 0 Å². The van der Waals surface area contributed by atoms with Gasteiger partial charge in [-0.25, -0.2) is 35.1 Å². The summed E-state index contributed by atoms with van der Waals surface area (Å²) in [6.45, 7) is 1.65. The van der Waals surface area contributed by atoms with E-state index in [0.717, 1.165) is 18.4 Å². The number of hydrogen-bond donors (Lipinski definition) is 1. The first-order valence-corrected chi connectivity index (χ1v) is 9.39. The summed E-state index contributed by atoms with van der Waals surface area (Å²) in [6.07, 6.45) is -24.7. The van der Waals surface area contributed by atoms with E-state index in [9.17, 15) is 92.2 Å². The van der Waals surface area contributed by atoms with E-state index in [0.29, 0.717) is 13.8 Å². The average Bonchev–Trinajstić information content (AvgIpc) is 2.69. The van der Waals surface area contributed by atoms with Gasteiger partial charge in [0, 0.05) is 20.5 Å². The number of allylic oxidation sites excluding steroid dienone is 1. The lowest BCUT2D eigenvalue weighted by Crippen LogP contribution is -2.38. The maximum atomic E-state index is 11.2. The molecule has 1 nitrogen and oxygen atoms in total. The normalized spacial score (nSPS) is 12.1. The van der Waals surface area contributed by atoms with Gasteiger partial charge >= 0.3 is 25.0 Å². The van der Waals surface area contributed by atoms with Crippen molar-refractivity contribution in [3.63, 3.8) is 0 Å². The number of rotatable bonds is 5. The van der Waals surface area contributed by atoms with Crippen LogP contribution in [0, 0.1) is 0 Å². The van der Waals surface area contributed by atoms with Gasteiger partial charge in [-0.15, -0.1) is 24.1 Å². The molecule has 1 N–H and O–H groups in total. The van der Waals surface area contributed by atoms with Crippen molar-refractivity contribution in [2.75, 3.05) is 26.6 Å². The zero-order valence-corrected chi connectivity index (χ0v) is 20.4. The Morgan fingerprint density at radius 3 is 0.850 bits per heavy atom. The molecule has 0 atom stereocenters. The van der Waals surface area contributed by atoms with Crippen LogP contribution in [0.25, 0.3) is 0 Å². The molecule has 0 heterocycles. The van der Waals surface area contributed by atoms with Crippen molar-refractivity contribution < 1.29 is 97.3 Å². The number of halogens is 21. The molecule has 250 valence electrons. The maximum absolute atomic E-state index is 11.2. The van der Waals surface area contributed by atoms with Crippen molar-refractivity contribution in [2.45, 2.75) is 76.6 Å². The Hall–Kier alpha value is -1.77. The lowest BCUT2D eigenvalue weighted by atomic mass is 10.2. The van der Waals surface area contributed by atoms with E-state index in [-0.39, 0.29) is 6.61 Å². The Balaban J connectivity index is -0.0000000882. The molecule has 0 bridgehead atoms. The molecule has 0 aliphatic carbocycles. The van der Waals surface area contributed by atoms with Crippen LogP contribution in [0.1, 0.15) is 33.6 Å². The van der Waals surface area contributed by atoms with Gasteiger partial charge in [-0.05, 0) is 19.8 Å². The van der Waals surface area contributed by atoms with E-state index in [1.54, 1.807) is 0 Å². The second-order valence-corrected chi connectivity index (χ2v) is 6.82. The molecule has 0 fully saturated rings. The summed E-state index contributed by atoms with van der Waals surface area (Å²) < 4.78 is 222. The molecule has 0 saturated carbocycles. The molecule has 40 heavy (non-hydrogen) atoms. The predicted molar refractivity (Wildman–Crippen MR) is 101 cm³/mol. The number of alkyl halides is 21. The molecule has 0 rings (SSSR count). The van der Waals surface area contributed by atoms with Gasteiger partial charge in [0.15, 0.2) is 20.0 Å². The molecule has 0 radical (unpaired) electrons. The first-order chi connectivity index (χ1) is 17.1. The standard InChI is InChI=1S/C6H12O.C3HF7.2C3H5F3.C2H2F4.CF4/c1-6(2)4-3-5-7;4-1(2(5,6)7)3(8,9)10;2*1-3(5,6)2-4;3-1-2(4,5)6;2-1(3,4)5/h7H,1,3-5H2,2H3;1H;2*2H2,1H3;1H2;. The molecule has 0 amide bonds. The van der Waals surface area contributed by atoms with Crippen molar-refractivity contribution in [3.8, 4) is 0 Å². The highest BCUT2D eigenvalue weighted by Gasteiger charge is 2.57. The lowest BCUT2D eigenvalue weighted by Gasteiger charge is -2.14. The third-order valence-corrected chi connectivity index (χ3v) is 1.96. The van der Waals surface area contributed by atoms with Gasteiger partial charge in [0.2, 0.25) is 0 Å². The Morgan fingerprint density at radius 1 is 0.625 bits per heavy atom. The van der Waals surface area contributed by atoms with Crippen LogP contribution in [-0.4, -0.2) is 74.7 Å². The zero-order chi connectivity index (χ0) is 34.4. The van der Waals surface area contributed by atoms with Crippen LogP contribution >= 0.6 is 0 Å². The van der Waals surface area contributed by atoms with E-state index in [4.69, 9.17) is 5.11 Å². The minimum atomic E-state index is -5.85. The molecule has 0 aromatic heterocycles. The Morgan fingerprint density at radius 2 is 0.825 bits per heavy atom. The number of hydrogen-bond acceptors (Lipinski definition) is 1. The molecule has 0 saturated heterocycles. The fourth-order valence-electron chi connectivity index (χ4n) is 0.566. The highest BCUT2D eigenvalue weighted by molar-refractivity contribution is 4.86. The van der Waals surface area contributed by atoms with Crippen LogP contribution in [-0.2, 0) is 0 Å². The zero-order valence-electron chi connectivity index (χ0n) is 20.4. The van der Waals surface area contributed by atoms with E-state index in [1.807, 2.05) is 6.92 Å². The van der Waals surface area contributed by atoms with Crippen LogP contribution < -0.4 is 0 Å². The van der Waals surface area contributed by atoms with Crippen LogP contribution in [0.15, 0.2) is 12.2 Å². The summed E-state index contributed by atoms with van der Waals surface area (Å²) in [5, 5.41) is 8.27. The van der Waals surface area contributed by atoms with E-state index >= 15 is 0 Å². The van der Waals surface area contributed by atoms with Crippen LogP contribution in [0.2, 0.25) is 0 Å². The summed E-state index contributed by atoms with van der Waals surface area (Å²) in [5.74, 6) is -6.25. The lowest BCUT2D eigenvalue weighted by molar-refractivity contribution is -0.285. The summed E-state index contributed by atoms with van der Waals surface area (Å²) in [5.41, 5.74) is 1.15. The second-order valence-electron chi connectivity index (χ2n) is 6.82. The third kappa shape index (κ3) is 83.3. The van der Waals surface area contributed by atoms with E-state index in [2.05, 4.69) is 6.58 Å². The first-order valence-electron chi connectivity index (χ1n) is 9.39. The van der Waals surface area contributed by atoms with Crippen molar-refractivity contribution in [1.29, 1.82) is 0 Å². The summed E-state index contributed by atoms with van der Waals surface area (Å²) in [6, 6.07) is 0. The van der Waals surface area contributed by atoms with Gasteiger partial charge in [-0.2, -0.15) is 39.5 Å². The number of aliphatic hydroxyl groups excluding tert-OH is 1. The van der Waals surface area contributed by atoms with Crippen molar-refractivity contribution >= 4 is 0 Å². The molecule has 0 unspecified atom stereocenters. The predicted octanol–water partition coefficient (Wildman–Crippen LogP) is 10.0. The average molecular weight is 656 g/mol. The molecular formula is C18H25F21O. The summed E-state index contributed by atoms with van der Waals surface area (Å²) >= 11 is 0. The van der Waals surface area contributed by atoms with Crippen molar-refractivity contribution in [1.82, 2.24) is 0 Å². The first kappa shape index (κ1) is 51.0. The SMILES string of the molecule is C=C(C)CCCO.CC(F)(F)CF.CC(F)(F)CF.FC(C(F)(F)F)C(F)(F)F.FC(F)(F)F.FCC(F)(F)F. The van der Waals surface area contributed by atoms with Crippen LogP contribution in [0.4, 0.5) is 92.2 Å². The Kier molecular flexibility index (Phi) is 29.2. The highest BCUT2D eigenvalue weighted by atomic mass is 19.5. The summed E-state index contributed by atoms with van der Waals surface area (Å²) in [7, 11) is 0. The van der Waals surface area contributed by atoms with Crippen LogP contribution in [0.5, 0.6) is 0 Å². The van der Waals surface area contributed by atoms with E-state index < -0.39 is 63.0 Å². The molecule has 0 spiro atoms. The van der Waals surface area contributed by atoms with Crippen LogP contribution in [0.3, 0.4) is 0 Å². The maximum Gasteiger partial charge on any atom is 0.559 e. The van der Waals surface area contributed by atoms with Gasteiger partial charge in [0.1, 0.15) is 0 Å². The van der Waals surface area contributed by atoms with Gasteiger partial charge in [0.25, 0.3) is 18.0 Å². The molecule has 0 aromatic carbocycles. The Bertz CT molecular complexity index is 510. The second kappa shape index (κ2) is 22.9. The smallest absolute Gasteiger partial charge is 0.396 e. The van der Waals surface area contributed by atoms with Gasteiger partial charge in [-0.3, -0.25) is 0 Å². The van der Waals surface area contributed by atoms with Crippen molar-refractivity contribution in [3.05, 3.63) is 12.2 Å². The topological polar surface area (TPSA) is 20.2 Å². The molecule has 0 aromatic rings. The number of aliphatic hydroxyl groups is 1. The molecular weight excluding hydrogens is 631 g/mol. The minimum Gasteiger partial charge on any atom is -0.396 e. The van der Waals surface area contributed by atoms with E-state index in [1.165, 1.54) is 0 Å². The fourth-order valence-corrected chi connectivity index (χ4v) is 0.566. The van der Waals surface area contributed by atoms with Gasteiger partial charge in [-0.1, -0.05) is 5.57 Å². The molecule has 0 aliphatic heterocycles. The molecule has 22 heteroatoms. The van der Waals surface area contributed by atoms with Gasteiger partial charge in [0.05, 0.1) is 0 Å². The quantitative estimate of drug-likeness (QED) is 0.231. The third-order valence-electron chi connectivity index (χ3n) is 1.96. The summed E-state index contributed by atoms with van der Waals surface area (Å²) in [4.78, 5) is 0. The Labute approximate surface area is 214 Å². The largest absolute Gasteiger partial charge is 0.559 e. The fraction of sp³-hybridized carbons (Fsp3) is 0.889. The monoisotopic (exact) mass is 656 g/mol. The highest BCUT2D eigenvalue weighted by Crippen LogP contribution is 2.35. The van der Waals surface area contributed by atoms with Gasteiger partial charge < -0.3 is 5.11 Å².